The fourth-order valence-corrected chi connectivity index (χ4v) is 2.16. The van der Waals surface area contributed by atoms with Crippen molar-refractivity contribution in [2.24, 2.45) is 5.73 Å². The van der Waals surface area contributed by atoms with Gasteiger partial charge in [-0.1, -0.05) is 6.07 Å². The molecule has 5 heteroatoms. The topological polar surface area (TPSA) is 84.2 Å². The molecule has 0 fully saturated rings. The molecule has 0 radical (unpaired) electrons. The molecule has 0 aliphatic carbocycles. The predicted octanol–water partition coefficient (Wildman–Crippen LogP) is 0.675. The van der Waals surface area contributed by atoms with Gasteiger partial charge in [0.15, 0.2) is 0 Å². The van der Waals surface area contributed by atoms with Crippen molar-refractivity contribution in [3.8, 4) is 0 Å². The zero-order chi connectivity index (χ0) is 13.7. The van der Waals surface area contributed by atoms with Gasteiger partial charge >= 0.3 is 0 Å². The van der Waals surface area contributed by atoms with Crippen LogP contribution in [0.2, 0.25) is 0 Å². The van der Waals surface area contributed by atoms with Crippen LogP contribution in [0.25, 0.3) is 0 Å². The Morgan fingerprint density at radius 1 is 1.21 bits per heavy atom. The van der Waals surface area contributed by atoms with Crippen molar-refractivity contribution in [3.05, 3.63) is 34.9 Å². The maximum atomic E-state index is 11.9. The highest BCUT2D eigenvalue weighted by atomic mass is 16.2. The Balaban J connectivity index is 1.78. The van der Waals surface area contributed by atoms with E-state index in [1.54, 1.807) is 0 Å². The first-order valence-corrected chi connectivity index (χ1v) is 6.56. The number of carbonyl (C=O) groups is 2. The third-order valence-electron chi connectivity index (χ3n) is 3.23. The van der Waals surface area contributed by atoms with Crippen molar-refractivity contribution in [3.63, 3.8) is 0 Å². The molecule has 0 spiro atoms. The zero-order valence-corrected chi connectivity index (χ0v) is 10.9. The molecule has 0 saturated heterocycles. The Labute approximate surface area is 112 Å². The number of rotatable bonds is 6. The van der Waals surface area contributed by atoms with Gasteiger partial charge in [-0.15, -0.1) is 0 Å². The van der Waals surface area contributed by atoms with E-state index < -0.39 is 0 Å². The molecule has 5 nitrogen and oxygen atoms in total. The Kier molecular flexibility index (Phi) is 4.52. The Morgan fingerprint density at radius 3 is 2.79 bits per heavy atom. The minimum absolute atomic E-state index is 0.0613. The van der Waals surface area contributed by atoms with Crippen molar-refractivity contribution >= 4 is 11.8 Å². The lowest BCUT2D eigenvalue weighted by molar-refractivity contribution is -0.118. The number of benzene rings is 1. The van der Waals surface area contributed by atoms with Crippen molar-refractivity contribution in [2.45, 2.75) is 32.4 Å². The van der Waals surface area contributed by atoms with Gasteiger partial charge in [0.1, 0.15) is 0 Å². The second-order valence-corrected chi connectivity index (χ2v) is 4.77. The van der Waals surface area contributed by atoms with Crippen molar-refractivity contribution in [2.75, 3.05) is 6.54 Å². The highest BCUT2D eigenvalue weighted by molar-refractivity contribution is 5.94. The highest BCUT2D eigenvalue weighted by Gasteiger charge is 2.12. The molecule has 1 aromatic carbocycles. The molecule has 4 N–H and O–H groups in total. The SMILES string of the molecule is NC(=O)CCCCNC(=O)c1ccc2c(c1)CNC2. The van der Waals surface area contributed by atoms with Gasteiger partial charge < -0.3 is 16.4 Å². The average Bonchev–Trinajstić information content (AvgIpc) is 2.84. The van der Waals surface area contributed by atoms with Crippen LogP contribution in [-0.4, -0.2) is 18.4 Å². The molecule has 1 aromatic rings. The number of hydrogen-bond donors (Lipinski definition) is 3. The van der Waals surface area contributed by atoms with Crippen LogP contribution in [0.4, 0.5) is 0 Å². The summed E-state index contributed by atoms with van der Waals surface area (Å²) in [6, 6.07) is 5.79. The number of primary amides is 1. The van der Waals surface area contributed by atoms with E-state index in [2.05, 4.69) is 10.6 Å². The van der Waals surface area contributed by atoms with Gasteiger partial charge in [-0.25, -0.2) is 0 Å². The first-order chi connectivity index (χ1) is 9.16. The van der Waals surface area contributed by atoms with Gasteiger partial charge in [-0.05, 0) is 36.1 Å². The van der Waals surface area contributed by atoms with Gasteiger partial charge in [-0.2, -0.15) is 0 Å². The summed E-state index contributed by atoms with van der Waals surface area (Å²) in [6.45, 7) is 2.28. The zero-order valence-electron chi connectivity index (χ0n) is 10.9. The van der Waals surface area contributed by atoms with Crippen LogP contribution < -0.4 is 16.4 Å². The minimum atomic E-state index is -0.294. The molecule has 0 saturated carbocycles. The number of fused-ring (bicyclic) bond motifs is 1. The van der Waals surface area contributed by atoms with E-state index in [0.717, 1.165) is 19.5 Å². The Hall–Kier alpha value is -1.88. The Morgan fingerprint density at radius 2 is 2.00 bits per heavy atom. The third-order valence-corrected chi connectivity index (χ3v) is 3.23. The van der Waals surface area contributed by atoms with Gasteiger partial charge in [0.2, 0.25) is 5.91 Å². The number of nitrogens with one attached hydrogen (secondary N) is 2. The van der Waals surface area contributed by atoms with Gasteiger partial charge in [0.05, 0.1) is 0 Å². The molecule has 1 aliphatic heterocycles. The van der Waals surface area contributed by atoms with Crippen LogP contribution in [0.5, 0.6) is 0 Å². The van der Waals surface area contributed by atoms with Crippen molar-refractivity contribution in [1.82, 2.24) is 10.6 Å². The fourth-order valence-electron chi connectivity index (χ4n) is 2.16. The monoisotopic (exact) mass is 261 g/mol. The van der Waals surface area contributed by atoms with Crippen molar-refractivity contribution < 1.29 is 9.59 Å². The molecule has 1 heterocycles. The number of carbonyl (C=O) groups excluding carboxylic acids is 2. The van der Waals surface area contributed by atoms with Crippen LogP contribution in [0.1, 0.15) is 40.7 Å². The normalized spacial score (nSPS) is 13.1. The molecular formula is C14H19N3O2. The highest BCUT2D eigenvalue weighted by Crippen LogP contribution is 2.16. The summed E-state index contributed by atoms with van der Waals surface area (Å²) in [5, 5.41) is 6.10. The van der Waals surface area contributed by atoms with Crippen LogP contribution in [-0.2, 0) is 17.9 Å². The summed E-state index contributed by atoms with van der Waals surface area (Å²) in [7, 11) is 0. The molecule has 19 heavy (non-hydrogen) atoms. The first-order valence-electron chi connectivity index (χ1n) is 6.56. The predicted molar refractivity (Wildman–Crippen MR) is 72.4 cm³/mol. The van der Waals surface area contributed by atoms with Crippen LogP contribution in [0, 0.1) is 0 Å². The van der Waals surface area contributed by atoms with Gasteiger partial charge in [0.25, 0.3) is 5.91 Å². The summed E-state index contributed by atoms with van der Waals surface area (Å²) in [5.41, 5.74) is 8.20. The number of hydrogen-bond acceptors (Lipinski definition) is 3. The molecule has 0 atom stereocenters. The minimum Gasteiger partial charge on any atom is -0.370 e. The average molecular weight is 261 g/mol. The summed E-state index contributed by atoms with van der Waals surface area (Å²) in [6.07, 6.45) is 1.85. The number of nitrogens with two attached hydrogens (primary N) is 1. The maximum absolute atomic E-state index is 11.9. The Bertz CT molecular complexity index is 486. The summed E-state index contributed by atoms with van der Waals surface area (Å²) < 4.78 is 0. The molecule has 102 valence electrons. The van der Waals surface area contributed by atoms with E-state index in [4.69, 9.17) is 5.73 Å². The van der Waals surface area contributed by atoms with E-state index in [1.165, 1.54) is 11.1 Å². The van der Waals surface area contributed by atoms with Gasteiger partial charge in [-0.3, -0.25) is 9.59 Å². The first kappa shape index (κ1) is 13.5. The van der Waals surface area contributed by atoms with Crippen molar-refractivity contribution in [1.29, 1.82) is 0 Å². The molecular weight excluding hydrogens is 242 g/mol. The molecule has 0 aromatic heterocycles. The fraction of sp³-hybridized carbons (Fsp3) is 0.429. The number of amides is 2. The lowest BCUT2D eigenvalue weighted by Gasteiger charge is -2.06. The van der Waals surface area contributed by atoms with E-state index in [-0.39, 0.29) is 11.8 Å². The molecule has 1 aliphatic rings. The standard InChI is InChI=1S/C14H19N3O2/c15-13(18)3-1-2-6-17-14(19)10-4-5-11-8-16-9-12(11)7-10/h4-5,7,16H,1-3,6,8-9H2,(H2,15,18)(H,17,19). The van der Waals surface area contributed by atoms with E-state index in [1.807, 2.05) is 18.2 Å². The van der Waals surface area contributed by atoms with E-state index in [9.17, 15) is 9.59 Å². The van der Waals surface area contributed by atoms with Crippen LogP contribution >= 0.6 is 0 Å². The van der Waals surface area contributed by atoms with E-state index in [0.29, 0.717) is 24.9 Å². The number of unbranched alkanes of at least 4 members (excludes halogenated alkanes) is 1. The summed E-state index contributed by atoms with van der Waals surface area (Å²) >= 11 is 0. The van der Waals surface area contributed by atoms with Crippen LogP contribution in [0.3, 0.4) is 0 Å². The molecule has 0 unspecified atom stereocenters. The van der Waals surface area contributed by atoms with E-state index >= 15 is 0 Å². The maximum Gasteiger partial charge on any atom is 0.251 e. The lowest BCUT2D eigenvalue weighted by atomic mass is 10.1. The quantitative estimate of drug-likeness (QED) is 0.658. The third kappa shape index (κ3) is 3.79. The second kappa shape index (κ2) is 6.33. The second-order valence-electron chi connectivity index (χ2n) is 4.77. The van der Waals surface area contributed by atoms with Crippen LogP contribution in [0.15, 0.2) is 18.2 Å². The largest absolute Gasteiger partial charge is 0.370 e. The summed E-state index contributed by atoms with van der Waals surface area (Å²) in [4.78, 5) is 22.5. The smallest absolute Gasteiger partial charge is 0.251 e. The molecule has 2 amide bonds. The molecule has 2 rings (SSSR count). The summed E-state index contributed by atoms with van der Waals surface area (Å²) in [5.74, 6) is -0.355. The molecule has 0 bridgehead atoms. The lowest BCUT2D eigenvalue weighted by Crippen LogP contribution is -2.24. The van der Waals surface area contributed by atoms with Gasteiger partial charge in [0, 0.05) is 31.6 Å².